The summed E-state index contributed by atoms with van der Waals surface area (Å²) in [6, 6.07) is 6.34. The first kappa shape index (κ1) is 16.0. The molecule has 0 spiro atoms. The molecule has 0 radical (unpaired) electrons. The maximum atomic E-state index is 12.2. The molecule has 1 atom stereocenters. The van der Waals surface area contributed by atoms with Crippen LogP contribution >= 0.6 is 0 Å². The van der Waals surface area contributed by atoms with E-state index in [0.29, 0.717) is 19.4 Å². The van der Waals surface area contributed by atoms with Crippen molar-refractivity contribution in [3.8, 4) is 0 Å². The number of carbonyl (C=O) groups is 2. The van der Waals surface area contributed by atoms with Crippen LogP contribution in [-0.2, 0) is 4.79 Å². The lowest BCUT2D eigenvalue weighted by Crippen LogP contribution is -2.48. The Kier molecular flexibility index (Phi) is 6.03. The van der Waals surface area contributed by atoms with Gasteiger partial charge >= 0.3 is 12.0 Å². The van der Waals surface area contributed by atoms with E-state index in [0.717, 1.165) is 11.3 Å². The number of nitrogens with zero attached hydrogens (tertiary/aromatic N) is 1. The summed E-state index contributed by atoms with van der Waals surface area (Å²) < 4.78 is 0. The van der Waals surface area contributed by atoms with Crippen molar-refractivity contribution in [3.05, 3.63) is 29.8 Å². The number of urea groups is 1. The Morgan fingerprint density at radius 2 is 1.85 bits per heavy atom. The van der Waals surface area contributed by atoms with Crippen LogP contribution in [0.5, 0.6) is 0 Å². The second kappa shape index (κ2) is 7.53. The Labute approximate surface area is 119 Å². The molecule has 2 amide bonds. The second-order valence-corrected chi connectivity index (χ2v) is 4.71. The first-order valence-electron chi connectivity index (χ1n) is 6.87. The second-order valence-electron chi connectivity index (χ2n) is 4.71. The monoisotopic (exact) mass is 278 g/mol. The van der Waals surface area contributed by atoms with Crippen LogP contribution in [0, 0.1) is 6.92 Å². The van der Waals surface area contributed by atoms with E-state index in [9.17, 15) is 9.59 Å². The topological polar surface area (TPSA) is 69.6 Å². The van der Waals surface area contributed by atoms with E-state index in [1.54, 1.807) is 0 Å². The summed E-state index contributed by atoms with van der Waals surface area (Å²) in [5, 5.41) is 11.7. The third kappa shape index (κ3) is 4.26. The standard InChI is InChI=1S/C15H22N2O3/c1-4-6-13(14(18)19)16-15(20)17(5-2)12-9-7-11(3)8-10-12/h7-10,13H,4-6H2,1-3H3,(H,16,20)(H,18,19)/t13-/m0/s1. The summed E-state index contributed by atoms with van der Waals surface area (Å²) in [5.41, 5.74) is 1.87. The van der Waals surface area contributed by atoms with E-state index >= 15 is 0 Å². The molecule has 0 aliphatic carbocycles. The Bertz CT molecular complexity index is 457. The number of nitrogens with one attached hydrogen (secondary N) is 1. The van der Waals surface area contributed by atoms with Gasteiger partial charge in [-0.2, -0.15) is 0 Å². The molecule has 20 heavy (non-hydrogen) atoms. The third-order valence-corrected chi connectivity index (χ3v) is 3.08. The average molecular weight is 278 g/mol. The molecule has 1 rings (SSSR count). The van der Waals surface area contributed by atoms with Gasteiger partial charge in [0.2, 0.25) is 0 Å². The van der Waals surface area contributed by atoms with E-state index in [4.69, 9.17) is 5.11 Å². The highest BCUT2D eigenvalue weighted by atomic mass is 16.4. The molecule has 110 valence electrons. The lowest BCUT2D eigenvalue weighted by Gasteiger charge is -2.24. The molecule has 0 aliphatic heterocycles. The van der Waals surface area contributed by atoms with Crippen LogP contribution in [0.1, 0.15) is 32.3 Å². The number of hydrogen-bond donors (Lipinski definition) is 2. The molecule has 0 fully saturated rings. The summed E-state index contributed by atoms with van der Waals surface area (Å²) in [6.45, 7) is 6.20. The van der Waals surface area contributed by atoms with Gasteiger partial charge in [-0.25, -0.2) is 9.59 Å². The number of aliphatic carboxylic acids is 1. The number of hydrogen-bond acceptors (Lipinski definition) is 2. The zero-order valence-corrected chi connectivity index (χ0v) is 12.2. The molecule has 5 heteroatoms. The van der Waals surface area contributed by atoms with Crippen LogP contribution in [0.4, 0.5) is 10.5 Å². The fraction of sp³-hybridized carbons (Fsp3) is 0.467. The van der Waals surface area contributed by atoms with Gasteiger partial charge in [0.25, 0.3) is 0 Å². The fourth-order valence-electron chi connectivity index (χ4n) is 1.94. The number of benzene rings is 1. The van der Waals surface area contributed by atoms with Crippen molar-refractivity contribution in [1.29, 1.82) is 0 Å². The molecular weight excluding hydrogens is 256 g/mol. The molecule has 0 bridgehead atoms. The van der Waals surface area contributed by atoms with Gasteiger partial charge in [0.05, 0.1) is 0 Å². The number of carboxylic acids is 1. The lowest BCUT2D eigenvalue weighted by molar-refractivity contribution is -0.139. The minimum Gasteiger partial charge on any atom is -0.480 e. The smallest absolute Gasteiger partial charge is 0.326 e. The Morgan fingerprint density at radius 1 is 1.25 bits per heavy atom. The molecule has 1 aromatic carbocycles. The zero-order chi connectivity index (χ0) is 15.1. The molecule has 0 unspecified atom stereocenters. The minimum absolute atomic E-state index is 0.378. The molecule has 0 heterocycles. The van der Waals surface area contributed by atoms with E-state index in [1.807, 2.05) is 45.0 Å². The zero-order valence-electron chi connectivity index (χ0n) is 12.2. The van der Waals surface area contributed by atoms with Gasteiger partial charge in [-0.15, -0.1) is 0 Å². The Hall–Kier alpha value is -2.04. The van der Waals surface area contributed by atoms with Gasteiger partial charge in [0.15, 0.2) is 0 Å². The third-order valence-electron chi connectivity index (χ3n) is 3.08. The summed E-state index contributed by atoms with van der Waals surface area (Å²) in [4.78, 5) is 24.8. The molecule has 0 saturated carbocycles. The van der Waals surface area contributed by atoms with Crippen LogP contribution in [0.15, 0.2) is 24.3 Å². The van der Waals surface area contributed by atoms with E-state index in [-0.39, 0.29) is 6.03 Å². The molecule has 2 N–H and O–H groups in total. The number of carbonyl (C=O) groups excluding carboxylic acids is 1. The number of rotatable bonds is 6. The van der Waals surface area contributed by atoms with Crippen LogP contribution in [0.25, 0.3) is 0 Å². The van der Waals surface area contributed by atoms with Gasteiger partial charge in [0.1, 0.15) is 6.04 Å². The van der Waals surface area contributed by atoms with Gasteiger partial charge in [-0.05, 0) is 32.4 Å². The van der Waals surface area contributed by atoms with E-state index < -0.39 is 12.0 Å². The normalized spacial score (nSPS) is 11.8. The highest BCUT2D eigenvalue weighted by Crippen LogP contribution is 2.15. The molecule has 5 nitrogen and oxygen atoms in total. The van der Waals surface area contributed by atoms with Crippen molar-refractivity contribution in [2.75, 3.05) is 11.4 Å². The van der Waals surface area contributed by atoms with Crippen molar-refractivity contribution >= 4 is 17.7 Å². The van der Waals surface area contributed by atoms with Crippen molar-refractivity contribution in [2.24, 2.45) is 0 Å². The van der Waals surface area contributed by atoms with Crippen molar-refractivity contribution in [2.45, 2.75) is 39.7 Å². The van der Waals surface area contributed by atoms with Crippen molar-refractivity contribution < 1.29 is 14.7 Å². The van der Waals surface area contributed by atoms with Crippen molar-refractivity contribution in [3.63, 3.8) is 0 Å². The lowest BCUT2D eigenvalue weighted by atomic mass is 10.1. The molecular formula is C15H22N2O3. The van der Waals surface area contributed by atoms with Crippen LogP contribution in [0.2, 0.25) is 0 Å². The van der Waals surface area contributed by atoms with Gasteiger partial charge in [-0.1, -0.05) is 31.0 Å². The van der Waals surface area contributed by atoms with E-state index in [1.165, 1.54) is 4.90 Å². The van der Waals surface area contributed by atoms with Crippen LogP contribution in [0.3, 0.4) is 0 Å². The summed E-state index contributed by atoms with van der Waals surface area (Å²) in [7, 11) is 0. The van der Waals surface area contributed by atoms with Gasteiger partial charge in [-0.3, -0.25) is 4.90 Å². The first-order valence-corrected chi connectivity index (χ1v) is 6.87. The average Bonchev–Trinajstić information content (AvgIpc) is 2.41. The molecule has 1 aromatic rings. The summed E-state index contributed by atoms with van der Waals surface area (Å²) in [6.07, 6.45) is 1.13. The number of amides is 2. The summed E-state index contributed by atoms with van der Waals surface area (Å²) in [5.74, 6) is -1.000. The molecule has 0 saturated heterocycles. The predicted octanol–water partition coefficient (Wildman–Crippen LogP) is 2.78. The number of carboxylic acid groups (broad SMARTS) is 1. The Balaban J connectivity index is 2.81. The highest BCUT2D eigenvalue weighted by Gasteiger charge is 2.22. The fourth-order valence-corrected chi connectivity index (χ4v) is 1.94. The maximum Gasteiger partial charge on any atom is 0.326 e. The summed E-state index contributed by atoms with van der Waals surface area (Å²) >= 11 is 0. The Morgan fingerprint density at radius 3 is 2.30 bits per heavy atom. The number of aryl methyl sites for hydroxylation is 1. The van der Waals surface area contributed by atoms with Gasteiger partial charge < -0.3 is 10.4 Å². The number of anilines is 1. The maximum absolute atomic E-state index is 12.2. The predicted molar refractivity (Wildman–Crippen MR) is 79.1 cm³/mol. The van der Waals surface area contributed by atoms with Crippen LogP contribution < -0.4 is 10.2 Å². The first-order chi connectivity index (χ1) is 9.49. The quantitative estimate of drug-likeness (QED) is 0.840. The minimum atomic E-state index is -1.000. The van der Waals surface area contributed by atoms with Crippen molar-refractivity contribution in [1.82, 2.24) is 5.32 Å². The van der Waals surface area contributed by atoms with Gasteiger partial charge in [0, 0.05) is 12.2 Å². The SMILES string of the molecule is CCC[C@H](NC(=O)N(CC)c1ccc(C)cc1)C(=O)O. The van der Waals surface area contributed by atoms with E-state index in [2.05, 4.69) is 5.32 Å². The molecule has 0 aliphatic rings. The largest absolute Gasteiger partial charge is 0.480 e. The highest BCUT2D eigenvalue weighted by molar-refractivity contribution is 5.94. The van der Waals surface area contributed by atoms with Crippen LogP contribution in [-0.4, -0.2) is 29.7 Å². The molecule has 0 aromatic heterocycles.